The van der Waals surface area contributed by atoms with Crippen LogP contribution in [0, 0.1) is 0 Å². The Morgan fingerprint density at radius 1 is 1.12 bits per heavy atom. The Bertz CT molecular complexity index is 827. The number of rotatable bonds is 7. The molecule has 0 unspecified atom stereocenters. The van der Waals surface area contributed by atoms with Crippen LogP contribution < -0.4 is 14.9 Å². The van der Waals surface area contributed by atoms with Crippen molar-refractivity contribution in [3.05, 3.63) is 72.2 Å². The Kier molecular flexibility index (Phi) is 5.31. The first kappa shape index (κ1) is 16.6. The van der Waals surface area contributed by atoms with E-state index in [1.54, 1.807) is 13.3 Å². The van der Waals surface area contributed by atoms with Crippen LogP contribution >= 0.6 is 0 Å². The van der Waals surface area contributed by atoms with E-state index in [-0.39, 0.29) is 0 Å². The highest BCUT2D eigenvalue weighted by Crippen LogP contribution is 2.19. The van der Waals surface area contributed by atoms with Crippen molar-refractivity contribution in [1.29, 1.82) is 0 Å². The van der Waals surface area contributed by atoms with Crippen molar-refractivity contribution in [2.75, 3.05) is 19.1 Å². The van der Waals surface area contributed by atoms with Gasteiger partial charge in [0.15, 0.2) is 5.71 Å². The number of methoxy groups -OCH3 is 1. The molecule has 3 aromatic rings. The molecule has 6 heteroatoms. The molecule has 0 saturated heterocycles. The zero-order chi connectivity index (χ0) is 17.5. The summed E-state index contributed by atoms with van der Waals surface area (Å²) < 4.78 is 16.1. The monoisotopic (exact) mass is 337 g/mol. The van der Waals surface area contributed by atoms with Gasteiger partial charge in [-0.15, -0.1) is 0 Å². The van der Waals surface area contributed by atoms with E-state index in [9.17, 15) is 0 Å². The molecule has 0 aliphatic rings. The minimum Gasteiger partial charge on any atom is -0.497 e. The maximum atomic E-state index is 5.64. The first-order valence-corrected chi connectivity index (χ1v) is 7.92. The van der Waals surface area contributed by atoms with Gasteiger partial charge in [0.2, 0.25) is 0 Å². The third-order valence-electron chi connectivity index (χ3n) is 3.41. The smallest absolute Gasteiger partial charge is 0.305 e. The van der Waals surface area contributed by atoms with Crippen molar-refractivity contribution in [2.45, 2.75) is 6.92 Å². The molecule has 25 heavy (non-hydrogen) atoms. The fourth-order valence-corrected chi connectivity index (χ4v) is 2.20. The summed E-state index contributed by atoms with van der Waals surface area (Å²) in [5, 5.41) is 4.48. The van der Waals surface area contributed by atoms with E-state index in [4.69, 9.17) is 13.9 Å². The van der Waals surface area contributed by atoms with E-state index in [2.05, 4.69) is 15.5 Å². The van der Waals surface area contributed by atoms with E-state index in [1.807, 2.05) is 61.5 Å². The van der Waals surface area contributed by atoms with Crippen molar-refractivity contribution < 1.29 is 13.9 Å². The molecule has 6 nitrogen and oxygen atoms in total. The number of hydrogen-bond donors (Lipinski definition) is 1. The fraction of sp³-hybridized carbons (Fsp3) is 0.158. The van der Waals surface area contributed by atoms with Crippen molar-refractivity contribution in [3.8, 4) is 11.7 Å². The predicted octanol–water partition coefficient (Wildman–Crippen LogP) is 3.95. The maximum Gasteiger partial charge on any atom is 0.305 e. The molecule has 1 aromatic heterocycles. The number of benzene rings is 2. The second kappa shape index (κ2) is 8.01. The lowest BCUT2D eigenvalue weighted by Crippen LogP contribution is -2.07. The topological polar surface area (TPSA) is 68.9 Å². The van der Waals surface area contributed by atoms with Crippen molar-refractivity contribution in [3.63, 3.8) is 0 Å². The Balaban J connectivity index is 1.89. The van der Waals surface area contributed by atoms with Gasteiger partial charge >= 0.3 is 5.95 Å². The molecule has 0 amide bonds. The van der Waals surface area contributed by atoms with E-state index in [1.165, 1.54) is 0 Å². The highest BCUT2D eigenvalue weighted by atomic mass is 16.6. The van der Waals surface area contributed by atoms with Gasteiger partial charge in [0, 0.05) is 5.56 Å². The van der Waals surface area contributed by atoms with E-state index in [0.29, 0.717) is 24.2 Å². The third-order valence-corrected chi connectivity index (χ3v) is 3.41. The lowest BCUT2D eigenvalue weighted by molar-refractivity contribution is 0.256. The molecule has 0 atom stereocenters. The van der Waals surface area contributed by atoms with Crippen LogP contribution in [0.2, 0.25) is 0 Å². The number of hydrogen-bond acceptors (Lipinski definition) is 6. The standard InChI is InChI=1S/C19H19N3O3/c1-3-24-17-13-20-19(25-17)18(14-7-5-4-6-8-14)22-21-15-9-11-16(23-2)12-10-15/h4-13,21H,3H2,1-2H3. The Morgan fingerprint density at radius 2 is 1.88 bits per heavy atom. The Hall–Kier alpha value is -3.28. The van der Waals surface area contributed by atoms with Gasteiger partial charge in [-0.2, -0.15) is 5.10 Å². The number of nitrogens with zero attached hydrogens (tertiary/aromatic N) is 2. The normalized spacial score (nSPS) is 11.2. The highest BCUT2D eigenvalue weighted by Gasteiger charge is 2.14. The van der Waals surface area contributed by atoms with Crippen LogP contribution in [0.15, 0.2) is 70.3 Å². The molecule has 0 radical (unpaired) electrons. The highest BCUT2D eigenvalue weighted by molar-refractivity contribution is 6.10. The quantitative estimate of drug-likeness (QED) is 0.522. The number of ether oxygens (including phenoxy) is 2. The van der Waals surface area contributed by atoms with Gasteiger partial charge in [-0.1, -0.05) is 30.3 Å². The van der Waals surface area contributed by atoms with Crippen LogP contribution in [0.4, 0.5) is 5.69 Å². The molecule has 128 valence electrons. The van der Waals surface area contributed by atoms with E-state index >= 15 is 0 Å². The minimum absolute atomic E-state index is 0.366. The van der Waals surface area contributed by atoms with Crippen LogP contribution in [-0.2, 0) is 0 Å². The summed E-state index contributed by atoms with van der Waals surface area (Å²) in [5.41, 5.74) is 5.32. The first-order chi connectivity index (χ1) is 12.3. The number of aromatic nitrogens is 1. The molecule has 0 saturated carbocycles. The number of hydrazone groups is 1. The van der Waals surface area contributed by atoms with Gasteiger partial charge in [-0.25, -0.2) is 4.98 Å². The summed E-state index contributed by atoms with van der Waals surface area (Å²) in [5.74, 6) is 1.54. The van der Waals surface area contributed by atoms with E-state index in [0.717, 1.165) is 17.0 Å². The molecule has 1 N–H and O–H groups in total. The molecule has 0 aliphatic heterocycles. The Labute approximate surface area is 146 Å². The first-order valence-electron chi connectivity index (χ1n) is 7.92. The molecular weight excluding hydrogens is 318 g/mol. The zero-order valence-electron chi connectivity index (χ0n) is 14.1. The summed E-state index contributed by atoms with van der Waals surface area (Å²) >= 11 is 0. The second-order valence-corrected chi connectivity index (χ2v) is 5.08. The van der Waals surface area contributed by atoms with Gasteiger partial charge in [0.25, 0.3) is 5.89 Å². The van der Waals surface area contributed by atoms with Crippen LogP contribution in [-0.4, -0.2) is 24.4 Å². The van der Waals surface area contributed by atoms with Crippen molar-refractivity contribution in [1.82, 2.24) is 4.98 Å². The van der Waals surface area contributed by atoms with Crippen LogP contribution in [0.25, 0.3) is 0 Å². The van der Waals surface area contributed by atoms with Crippen LogP contribution in [0.5, 0.6) is 11.7 Å². The summed E-state index contributed by atoms with van der Waals surface area (Å²) in [7, 11) is 1.63. The van der Waals surface area contributed by atoms with Gasteiger partial charge in [-0.3, -0.25) is 5.43 Å². The summed E-state index contributed by atoms with van der Waals surface area (Å²) in [6.45, 7) is 2.40. The second-order valence-electron chi connectivity index (χ2n) is 5.08. The van der Waals surface area contributed by atoms with Gasteiger partial charge in [0.1, 0.15) is 11.9 Å². The minimum atomic E-state index is 0.366. The summed E-state index contributed by atoms with van der Waals surface area (Å²) in [6.07, 6.45) is 1.55. The molecule has 2 aromatic carbocycles. The lowest BCUT2D eigenvalue weighted by atomic mass is 10.1. The zero-order valence-corrected chi connectivity index (χ0v) is 14.1. The van der Waals surface area contributed by atoms with Crippen LogP contribution in [0.1, 0.15) is 18.4 Å². The molecule has 0 bridgehead atoms. The molecule has 0 aliphatic carbocycles. The number of nitrogens with one attached hydrogen (secondary N) is 1. The third kappa shape index (κ3) is 4.17. The van der Waals surface area contributed by atoms with Crippen molar-refractivity contribution in [2.24, 2.45) is 5.10 Å². The summed E-state index contributed by atoms with van der Waals surface area (Å²) in [4.78, 5) is 4.27. The largest absolute Gasteiger partial charge is 0.497 e. The van der Waals surface area contributed by atoms with E-state index < -0.39 is 0 Å². The molecule has 0 spiro atoms. The average Bonchev–Trinajstić information content (AvgIpc) is 3.12. The van der Waals surface area contributed by atoms with Gasteiger partial charge < -0.3 is 13.9 Å². The van der Waals surface area contributed by atoms with Crippen LogP contribution in [0.3, 0.4) is 0 Å². The van der Waals surface area contributed by atoms with Crippen molar-refractivity contribution >= 4 is 11.4 Å². The molecule has 3 rings (SSSR count). The molecular formula is C19H19N3O3. The summed E-state index contributed by atoms with van der Waals surface area (Å²) in [6, 6.07) is 17.2. The van der Waals surface area contributed by atoms with Gasteiger partial charge in [-0.05, 0) is 31.2 Å². The number of oxazole rings is 1. The molecule has 0 fully saturated rings. The fourth-order valence-electron chi connectivity index (χ4n) is 2.20. The SMILES string of the molecule is CCOc1cnc(C(=NNc2ccc(OC)cc2)c2ccccc2)o1. The van der Waals surface area contributed by atoms with Gasteiger partial charge in [0.05, 0.1) is 19.4 Å². The maximum absolute atomic E-state index is 5.64. The number of anilines is 1. The predicted molar refractivity (Wildman–Crippen MR) is 96.4 cm³/mol. The molecule has 1 heterocycles. The Morgan fingerprint density at radius 3 is 2.56 bits per heavy atom. The lowest BCUT2D eigenvalue weighted by Gasteiger charge is -2.06. The average molecular weight is 337 g/mol.